The van der Waals surface area contributed by atoms with Crippen LogP contribution in [0.4, 0.5) is 0 Å². The molecule has 0 bridgehead atoms. The molecule has 2 rings (SSSR count). The van der Waals surface area contributed by atoms with Gasteiger partial charge in [0.15, 0.2) is 0 Å². The average Bonchev–Trinajstić information content (AvgIpc) is 2.38. The van der Waals surface area contributed by atoms with Crippen LogP contribution in [0, 0.1) is 5.92 Å². The van der Waals surface area contributed by atoms with Crippen LogP contribution in [0.1, 0.15) is 32.6 Å². The number of piperidine rings is 1. The van der Waals surface area contributed by atoms with Crippen LogP contribution in [0.2, 0.25) is 0 Å². The van der Waals surface area contributed by atoms with Crippen LogP contribution >= 0.6 is 0 Å². The van der Waals surface area contributed by atoms with E-state index in [1.807, 2.05) is 0 Å². The smallest absolute Gasteiger partial charge is 0.0622 e. The number of morpholine rings is 1. The molecule has 94 valence electrons. The van der Waals surface area contributed by atoms with Crippen LogP contribution in [0.25, 0.3) is 0 Å². The van der Waals surface area contributed by atoms with Gasteiger partial charge >= 0.3 is 0 Å². The Morgan fingerprint density at radius 1 is 1.31 bits per heavy atom. The van der Waals surface area contributed by atoms with Gasteiger partial charge in [-0.1, -0.05) is 6.92 Å². The molecule has 1 unspecified atom stereocenters. The van der Waals surface area contributed by atoms with Gasteiger partial charge in [-0.2, -0.15) is 0 Å². The predicted octanol–water partition coefficient (Wildman–Crippen LogP) is 1.49. The highest BCUT2D eigenvalue weighted by Gasteiger charge is 2.22. The monoisotopic (exact) mass is 226 g/mol. The van der Waals surface area contributed by atoms with Crippen molar-refractivity contribution in [1.29, 1.82) is 0 Å². The minimum Gasteiger partial charge on any atom is -0.378 e. The fraction of sp³-hybridized carbons (Fsp3) is 1.00. The number of hydrogen-bond donors (Lipinski definition) is 1. The highest BCUT2D eigenvalue weighted by molar-refractivity contribution is 4.76. The van der Waals surface area contributed by atoms with Crippen molar-refractivity contribution in [2.45, 2.75) is 38.6 Å². The Labute approximate surface area is 99.5 Å². The number of ether oxygens (including phenoxy) is 1. The maximum atomic E-state index is 5.54. The van der Waals surface area contributed by atoms with Crippen molar-refractivity contribution in [3.8, 4) is 0 Å². The highest BCUT2D eigenvalue weighted by Crippen LogP contribution is 2.18. The summed E-state index contributed by atoms with van der Waals surface area (Å²) in [6.45, 7) is 9.04. The zero-order valence-corrected chi connectivity index (χ0v) is 10.6. The molecule has 3 heteroatoms. The molecule has 0 amide bonds. The van der Waals surface area contributed by atoms with E-state index >= 15 is 0 Å². The van der Waals surface area contributed by atoms with E-state index in [0.717, 1.165) is 25.7 Å². The van der Waals surface area contributed by atoms with E-state index in [4.69, 9.17) is 4.74 Å². The number of nitrogens with one attached hydrogen (secondary N) is 1. The Bertz CT molecular complexity index is 192. The van der Waals surface area contributed by atoms with Gasteiger partial charge in [-0.05, 0) is 51.2 Å². The molecule has 0 aromatic heterocycles. The standard InChI is InChI=1S/C13H26N2O/c1-2-13-11-16-10-9-15(13)8-5-12-3-6-14-7-4-12/h12-14H,2-11H2,1H3. The molecule has 2 heterocycles. The summed E-state index contributed by atoms with van der Waals surface area (Å²) in [5.41, 5.74) is 0. The summed E-state index contributed by atoms with van der Waals surface area (Å²) < 4.78 is 5.54. The van der Waals surface area contributed by atoms with Gasteiger partial charge in [-0.3, -0.25) is 4.90 Å². The lowest BCUT2D eigenvalue weighted by Gasteiger charge is -2.36. The fourth-order valence-electron chi connectivity index (χ4n) is 2.88. The van der Waals surface area contributed by atoms with Crippen LogP contribution in [0.5, 0.6) is 0 Å². The lowest BCUT2D eigenvalue weighted by molar-refractivity contribution is -0.0112. The Balaban J connectivity index is 1.70. The van der Waals surface area contributed by atoms with Gasteiger partial charge in [-0.25, -0.2) is 0 Å². The third-order valence-corrected chi connectivity index (χ3v) is 4.10. The maximum absolute atomic E-state index is 5.54. The van der Waals surface area contributed by atoms with Crippen LogP contribution < -0.4 is 5.32 Å². The quantitative estimate of drug-likeness (QED) is 0.786. The molecule has 0 spiro atoms. The maximum Gasteiger partial charge on any atom is 0.0622 e. The normalized spacial score (nSPS) is 29.4. The Kier molecular flexibility index (Phi) is 5.07. The van der Waals surface area contributed by atoms with Gasteiger partial charge in [0.2, 0.25) is 0 Å². The van der Waals surface area contributed by atoms with E-state index in [9.17, 15) is 0 Å². The Morgan fingerprint density at radius 3 is 2.88 bits per heavy atom. The van der Waals surface area contributed by atoms with Crippen LogP contribution in [-0.4, -0.2) is 50.3 Å². The van der Waals surface area contributed by atoms with Gasteiger partial charge < -0.3 is 10.1 Å². The third kappa shape index (κ3) is 3.44. The summed E-state index contributed by atoms with van der Waals surface area (Å²) in [4.78, 5) is 2.64. The summed E-state index contributed by atoms with van der Waals surface area (Å²) in [5.74, 6) is 0.960. The third-order valence-electron chi connectivity index (χ3n) is 4.10. The van der Waals surface area contributed by atoms with Crippen molar-refractivity contribution >= 4 is 0 Å². The molecule has 0 saturated carbocycles. The fourth-order valence-corrected chi connectivity index (χ4v) is 2.88. The highest BCUT2D eigenvalue weighted by atomic mass is 16.5. The van der Waals surface area contributed by atoms with E-state index in [1.54, 1.807) is 0 Å². The van der Waals surface area contributed by atoms with E-state index in [0.29, 0.717) is 6.04 Å². The average molecular weight is 226 g/mol. The lowest BCUT2D eigenvalue weighted by atomic mass is 9.94. The molecule has 16 heavy (non-hydrogen) atoms. The van der Waals surface area contributed by atoms with Crippen LogP contribution in [-0.2, 0) is 4.74 Å². The second kappa shape index (κ2) is 6.58. The summed E-state index contributed by atoms with van der Waals surface area (Å²) in [5, 5.41) is 3.44. The van der Waals surface area contributed by atoms with Crippen molar-refractivity contribution in [3.05, 3.63) is 0 Å². The van der Waals surface area contributed by atoms with Gasteiger partial charge in [-0.15, -0.1) is 0 Å². The lowest BCUT2D eigenvalue weighted by Crippen LogP contribution is -2.46. The van der Waals surface area contributed by atoms with Gasteiger partial charge in [0.1, 0.15) is 0 Å². The van der Waals surface area contributed by atoms with Gasteiger partial charge in [0.05, 0.1) is 13.2 Å². The first-order valence-corrected chi connectivity index (χ1v) is 6.92. The number of rotatable bonds is 4. The first-order valence-electron chi connectivity index (χ1n) is 6.92. The second-order valence-corrected chi connectivity index (χ2v) is 5.16. The number of hydrogen-bond acceptors (Lipinski definition) is 3. The molecule has 0 aromatic carbocycles. The summed E-state index contributed by atoms with van der Waals surface area (Å²) in [6, 6.07) is 0.676. The SMILES string of the molecule is CCC1COCCN1CCC1CCNCC1. The second-order valence-electron chi connectivity index (χ2n) is 5.16. The number of nitrogens with zero attached hydrogens (tertiary/aromatic N) is 1. The Morgan fingerprint density at radius 2 is 2.12 bits per heavy atom. The van der Waals surface area contributed by atoms with E-state index < -0.39 is 0 Å². The van der Waals surface area contributed by atoms with E-state index in [2.05, 4.69) is 17.1 Å². The molecule has 0 radical (unpaired) electrons. The van der Waals surface area contributed by atoms with Crippen molar-refractivity contribution in [3.63, 3.8) is 0 Å². The molecule has 2 saturated heterocycles. The summed E-state index contributed by atoms with van der Waals surface area (Å²) >= 11 is 0. The van der Waals surface area contributed by atoms with Crippen LogP contribution in [0.3, 0.4) is 0 Å². The van der Waals surface area contributed by atoms with Gasteiger partial charge in [0.25, 0.3) is 0 Å². The zero-order chi connectivity index (χ0) is 11.2. The predicted molar refractivity (Wildman–Crippen MR) is 66.7 cm³/mol. The first kappa shape index (κ1) is 12.3. The molecule has 2 aliphatic heterocycles. The van der Waals surface area contributed by atoms with E-state index in [-0.39, 0.29) is 0 Å². The molecule has 0 aromatic rings. The molecule has 1 atom stereocenters. The van der Waals surface area contributed by atoms with Gasteiger partial charge in [0, 0.05) is 12.6 Å². The molecule has 2 aliphatic rings. The molecule has 0 aliphatic carbocycles. The van der Waals surface area contributed by atoms with Crippen molar-refractivity contribution in [2.75, 3.05) is 39.4 Å². The van der Waals surface area contributed by atoms with Crippen molar-refractivity contribution in [2.24, 2.45) is 5.92 Å². The minimum absolute atomic E-state index is 0.676. The zero-order valence-electron chi connectivity index (χ0n) is 10.6. The van der Waals surface area contributed by atoms with Crippen LogP contribution in [0.15, 0.2) is 0 Å². The molecule has 1 N–H and O–H groups in total. The largest absolute Gasteiger partial charge is 0.378 e. The Hall–Kier alpha value is -0.120. The van der Waals surface area contributed by atoms with E-state index in [1.165, 1.54) is 45.3 Å². The summed E-state index contributed by atoms with van der Waals surface area (Å²) in [7, 11) is 0. The molecular weight excluding hydrogens is 200 g/mol. The summed E-state index contributed by atoms with van der Waals surface area (Å²) in [6.07, 6.45) is 5.37. The molecular formula is C13H26N2O. The minimum atomic E-state index is 0.676. The topological polar surface area (TPSA) is 24.5 Å². The van der Waals surface area contributed by atoms with Crippen molar-refractivity contribution in [1.82, 2.24) is 10.2 Å². The molecule has 3 nitrogen and oxygen atoms in total. The van der Waals surface area contributed by atoms with Crippen molar-refractivity contribution < 1.29 is 4.74 Å². The molecule has 2 fully saturated rings. The first-order chi connectivity index (χ1) is 7.90.